The zero-order valence-electron chi connectivity index (χ0n) is 18.4. The van der Waals surface area contributed by atoms with Crippen LogP contribution in [0.15, 0.2) is 30.3 Å². The van der Waals surface area contributed by atoms with E-state index in [0.717, 1.165) is 44.5 Å². The minimum absolute atomic E-state index is 0.0711. The second kappa shape index (κ2) is 9.22. The molecule has 2 aromatic heterocycles. The molecule has 1 aromatic carbocycles. The Kier molecular flexibility index (Phi) is 6.13. The number of benzene rings is 1. The van der Waals surface area contributed by atoms with Crippen molar-refractivity contribution in [1.29, 1.82) is 0 Å². The summed E-state index contributed by atoms with van der Waals surface area (Å²) in [6.07, 6.45) is -2.68. The molecule has 2 saturated heterocycles. The molecule has 0 aliphatic carbocycles. The quantitative estimate of drug-likeness (QED) is 0.427. The predicted octanol–water partition coefficient (Wildman–Crippen LogP) is 1.40. The van der Waals surface area contributed by atoms with Gasteiger partial charge in [-0.25, -0.2) is 32.2 Å². The third kappa shape index (κ3) is 4.71. The maximum Gasteiger partial charge on any atom is 0.264 e. The lowest BCUT2D eigenvalue weighted by Gasteiger charge is -2.42. The summed E-state index contributed by atoms with van der Waals surface area (Å²) in [5, 5.41) is 7.08. The zero-order chi connectivity index (χ0) is 23.8. The molecule has 0 saturated carbocycles. The van der Waals surface area contributed by atoms with Crippen LogP contribution in [0.25, 0.3) is 5.69 Å². The van der Waals surface area contributed by atoms with Gasteiger partial charge in [-0.3, -0.25) is 4.90 Å². The molecule has 0 amide bonds. The van der Waals surface area contributed by atoms with Crippen LogP contribution in [0.1, 0.15) is 12.0 Å². The monoisotopic (exact) mass is 475 g/mol. The van der Waals surface area contributed by atoms with Crippen LogP contribution in [-0.2, 0) is 4.74 Å². The standard InChI is InChI=1S/C21H22BF4N7O/c22-20-29-21(30-33(20)15-8-13(23)7-14(24)9-15)28-17-5-12(19(25)26)6-18(27-17)32-3-1-31(2-4-32)16-10-34-11-16/h5-9,16,19H,1-4,10-11,22H2,(H,27,28,30). The van der Waals surface area contributed by atoms with Crippen LogP contribution in [-0.4, -0.2) is 77.9 Å². The fourth-order valence-corrected chi connectivity index (χ4v) is 4.10. The maximum atomic E-state index is 13.6. The van der Waals surface area contributed by atoms with E-state index in [1.54, 1.807) is 7.85 Å². The summed E-state index contributed by atoms with van der Waals surface area (Å²) in [4.78, 5) is 13.1. The van der Waals surface area contributed by atoms with Gasteiger partial charge in [0.15, 0.2) is 7.85 Å². The molecule has 8 nitrogen and oxygen atoms in total. The van der Waals surface area contributed by atoms with Crippen LogP contribution in [0.2, 0.25) is 0 Å². The average Bonchev–Trinajstić information content (AvgIpc) is 3.12. The fourth-order valence-electron chi connectivity index (χ4n) is 4.10. The first kappa shape index (κ1) is 22.6. The summed E-state index contributed by atoms with van der Waals surface area (Å²) in [5.74, 6) is -0.833. The molecule has 0 radical (unpaired) electrons. The minimum atomic E-state index is -2.68. The van der Waals surface area contributed by atoms with E-state index in [9.17, 15) is 17.6 Å². The number of alkyl halides is 2. The number of halogens is 4. The van der Waals surface area contributed by atoms with E-state index in [-0.39, 0.29) is 23.0 Å². The second-order valence-corrected chi connectivity index (χ2v) is 8.31. The fraction of sp³-hybridized carbons (Fsp3) is 0.381. The van der Waals surface area contributed by atoms with Crippen LogP contribution in [0.3, 0.4) is 0 Å². The Bertz CT molecular complexity index is 1160. The van der Waals surface area contributed by atoms with Crippen molar-refractivity contribution in [2.75, 3.05) is 49.6 Å². The zero-order valence-corrected chi connectivity index (χ0v) is 18.4. The molecule has 2 aliphatic rings. The number of nitrogens with one attached hydrogen (secondary N) is 1. The lowest BCUT2D eigenvalue weighted by atomic mass is 10.1. The molecule has 2 fully saturated rings. The third-order valence-corrected chi connectivity index (χ3v) is 5.96. The van der Waals surface area contributed by atoms with Gasteiger partial charge in [-0.1, -0.05) is 0 Å². The third-order valence-electron chi connectivity index (χ3n) is 5.96. The first-order valence-corrected chi connectivity index (χ1v) is 10.9. The Morgan fingerprint density at radius 1 is 0.971 bits per heavy atom. The van der Waals surface area contributed by atoms with Gasteiger partial charge in [0.1, 0.15) is 23.3 Å². The largest absolute Gasteiger partial charge is 0.378 e. The van der Waals surface area contributed by atoms with E-state index in [1.807, 2.05) is 4.90 Å². The number of piperazine rings is 1. The molecule has 2 aliphatic heterocycles. The molecular weight excluding hydrogens is 453 g/mol. The molecule has 34 heavy (non-hydrogen) atoms. The van der Waals surface area contributed by atoms with Crippen molar-refractivity contribution in [3.8, 4) is 5.69 Å². The molecule has 4 heterocycles. The highest BCUT2D eigenvalue weighted by molar-refractivity contribution is 6.29. The van der Waals surface area contributed by atoms with Crippen LogP contribution < -0.4 is 15.9 Å². The number of anilines is 3. The maximum absolute atomic E-state index is 13.6. The van der Waals surface area contributed by atoms with Gasteiger partial charge in [0.25, 0.3) is 6.43 Å². The normalized spacial score (nSPS) is 17.3. The molecule has 0 spiro atoms. The molecule has 5 rings (SSSR count). The molecule has 178 valence electrons. The van der Waals surface area contributed by atoms with Gasteiger partial charge in [-0.05, 0) is 24.3 Å². The predicted molar refractivity (Wildman–Crippen MR) is 120 cm³/mol. The highest BCUT2D eigenvalue weighted by atomic mass is 19.3. The second-order valence-electron chi connectivity index (χ2n) is 8.31. The van der Waals surface area contributed by atoms with Crippen LogP contribution >= 0.6 is 0 Å². The Labute approximate surface area is 193 Å². The summed E-state index contributed by atoms with van der Waals surface area (Å²) in [7, 11) is 1.61. The van der Waals surface area contributed by atoms with Crippen molar-refractivity contribution in [2.45, 2.75) is 12.5 Å². The van der Waals surface area contributed by atoms with Gasteiger partial charge < -0.3 is 15.0 Å². The van der Waals surface area contributed by atoms with Crippen molar-refractivity contribution in [3.63, 3.8) is 0 Å². The summed E-state index contributed by atoms with van der Waals surface area (Å²) in [6, 6.07) is 6.07. The molecule has 0 bridgehead atoms. The number of rotatable bonds is 6. The molecular formula is C21H22BF4N7O. The summed E-state index contributed by atoms with van der Waals surface area (Å²) < 4.78 is 61.0. The number of hydrogen-bond acceptors (Lipinski definition) is 7. The van der Waals surface area contributed by atoms with Gasteiger partial charge >= 0.3 is 0 Å². The van der Waals surface area contributed by atoms with E-state index in [0.29, 0.717) is 30.7 Å². The Morgan fingerprint density at radius 2 is 1.68 bits per heavy atom. The number of ether oxygens (including phenoxy) is 1. The lowest BCUT2D eigenvalue weighted by molar-refractivity contribution is -0.0661. The van der Waals surface area contributed by atoms with Gasteiger partial charge in [0.05, 0.1) is 30.7 Å². The van der Waals surface area contributed by atoms with Crippen LogP contribution in [0.5, 0.6) is 0 Å². The Hall–Kier alpha value is -3.19. The summed E-state index contributed by atoms with van der Waals surface area (Å²) in [5.41, 5.74) is 0.333. The first-order valence-electron chi connectivity index (χ1n) is 10.9. The van der Waals surface area contributed by atoms with E-state index >= 15 is 0 Å². The van der Waals surface area contributed by atoms with Crippen molar-refractivity contribution in [1.82, 2.24) is 24.6 Å². The summed E-state index contributed by atoms with van der Waals surface area (Å²) in [6.45, 7) is 4.38. The molecule has 3 aromatic rings. The lowest BCUT2D eigenvalue weighted by Crippen LogP contribution is -2.56. The van der Waals surface area contributed by atoms with E-state index in [2.05, 4.69) is 25.3 Å². The highest BCUT2D eigenvalue weighted by Crippen LogP contribution is 2.28. The molecule has 0 unspecified atom stereocenters. The molecule has 0 atom stereocenters. The van der Waals surface area contributed by atoms with E-state index in [1.165, 1.54) is 16.8 Å². The molecule has 13 heteroatoms. The van der Waals surface area contributed by atoms with Gasteiger partial charge in [0.2, 0.25) is 5.95 Å². The van der Waals surface area contributed by atoms with Crippen molar-refractivity contribution in [2.24, 2.45) is 0 Å². The van der Waals surface area contributed by atoms with Crippen molar-refractivity contribution < 1.29 is 22.3 Å². The number of aromatic nitrogens is 4. The van der Waals surface area contributed by atoms with Crippen LogP contribution in [0, 0.1) is 11.6 Å². The van der Waals surface area contributed by atoms with E-state index in [4.69, 9.17) is 4.74 Å². The van der Waals surface area contributed by atoms with Crippen molar-refractivity contribution >= 4 is 31.2 Å². The van der Waals surface area contributed by atoms with E-state index < -0.39 is 18.1 Å². The van der Waals surface area contributed by atoms with Gasteiger partial charge in [0, 0.05) is 37.8 Å². The summed E-state index contributed by atoms with van der Waals surface area (Å²) >= 11 is 0. The van der Waals surface area contributed by atoms with Gasteiger partial charge in [-0.2, -0.15) is 0 Å². The SMILES string of the molecule is Bc1nc(Nc2cc(C(F)F)cc(N3CCN(C4COC4)CC3)n2)nn1-c1cc(F)cc(F)c1. The smallest absolute Gasteiger partial charge is 0.264 e. The number of pyridine rings is 1. The topological polar surface area (TPSA) is 71.3 Å². The highest BCUT2D eigenvalue weighted by Gasteiger charge is 2.29. The first-order chi connectivity index (χ1) is 16.4. The Morgan fingerprint density at radius 3 is 2.29 bits per heavy atom. The van der Waals surface area contributed by atoms with Gasteiger partial charge in [-0.15, -0.1) is 5.10 Å². The Balaban J connectivity index is 1.37. The van der Waals surface area contributed by atoms with Crippen molar-refractivity contribution in [3.05, 3.63) is 47.5 Å². The van der Waals surface area contributed by atoms with Crippen LogP contribution in [0.4, 0.5) is 35.1 Å². The average molecular weight is 475 g/mol. The minimum Gasteiger partial charge on any atom is -0.378 e. The molecule has 1 N–H and O–H groups in total. The number of nitrogens with zero attached hydrogens (tertiary/aromatic N) is 6. The number of hydrogen-bond donors (Lipinski definition) is 1.